The first kappa shape index (κ1) is 22.4. The van der Waals surface area contributed by atoms with Crippen LogP contribution in [-0.2, 0) is 20.3 Å². The van der Waals surface area contributed by atoms with Gasteiger partial charge >= 0.3 is 12.2 Å². The van der Waals surface area contributed by atoms with Crippen LogP contribution < -0.4 is 0 Å². The summed E-state index contributed by atoms with van der Waals surface area (Å²) in [5.41, 5.74) is 0.349. The monoisotopic (exact) mass is 410 g/mol. The molecule has 2 rings (SSSR count). The zero-order valence-electron chi connectivity index (χ0n) is 17.2. The minimum Gasteiger partial charge on any atom is -0.445 e. The van der Waals surface area contributed by atoms with Gasteiger partial charge in [0.1, 0.15) is 12.2 Å². The molecule has 0 saturated carbocycles. The smallest absolute Gasteiger partial charge is 0.410 e. The van der Waals surface area contributed by atoms with Crippen molar-refractivity contribution in [3.8, 4) is 0 Å². The van der Waals surface area contributed by atoms with Crippen molar-refractivity contribution in [2.75, 3.05) is 26.0 Å². The number of benzene rings is 1. The van der Waals surface area contributed by atoms with E-state index in [0.29, 0.717) is 19.7 Å². The van der Waals surface area contributed by atoms with Gasteiger partial charge in [-0.2, -0.15) is 0 Å². The van der Waals surface area contributed by atoms with Gasteiger partial charge in [-0.15, -0.1) is 0 Å². The molecule has 2 amide bonds. The van der Waals surface area contributed by atoms with Crippen LogP contribution in [0.5, 0.6) is 0 Å². The van der Waals surface area contributed by atoms with Crippen LogP contribution in [0.25, 0.3) is 0 Å². The third kappa shape index (κ3) is 6.60. The topological polar surface area (TPSA) is 68.3 Å². The van der Waals surface area contributed by atoms with Crippen molar-refractivity contribution < 1.29 is 23.2 Å². The van der Waals surface area contributed by atoms with Crippen LogP contribution in [0.3, 0.4) is 0 Å². The van der Waals surface area contributed by atoms with Crippen LogP contribution in [0.15, 0.2) is 30.3 Å². The SMILES string of the molecule is CSOC[C@H]1CN(C(=O)OC(C)(C)C)[C@@H](C)CN1C(=O)OCc1ccccc1. The van der Waals surface area contributed by atoms with Crippen molar-refractivity contribution >= 4 is 24.2 Å². The van der Waals surface area contributed by atoms with E-state index in [1.165, 1.54) is 12.0 Å². The van der Waals surface area contributed by atoms with E-state index in [2.05, 4.69) is 0 Å². The van der Waals surface area contributed by atoms with Crippen LogP contribution in [0, 0.1) is 0 Å². The largest absolute Gasteiger partial charge is 0.445 e. The molecule has 156 valence electrons. The fraction of sp³-hybridized carbons (Fsp3) is 0.600. The lowest BCUT2D eigenvalue weighted by atomic mass is 10.1. The van der Waals surface area contributed by atoms with E-state index >= 15 is 0 Å². The van der Waals surface area contributed by atoms with Crippen LogP contribution in [0.2, 0.25) is 0 Å². The fourth-order valence-corrected chi connectivity index (χ4v) is 3.22. The molecule has 0 unspecified atom stereocenters. The highest BCUT2D eigenvalue weighted by molar-refractivity contribution is 7.93. The van der Waals surface area contributed by atoms with Gasteiger partial charge in [0.2, 0.25) is 0 Å². The van der Waals surface area contributed by atoms with Gasteiger partial charge in [-0.05, 0) is 45.3 Å². The van der Waals surface area contributed by atoms with E-state index < -0.39 is 11.7 Å². The molecule has 0 aliphatic carbocycles. The maximum Gasteiger partial charge on any atom is 0.410 e. The molecular formula is C20H30N2O5S. The lowest BCUT2D eigenvalue weighted by Crippen LogP contribution is -2.62. The predicted octanol–water partition coefficient (Wildman–Crippen LogP) is 3.93. The summed E-state index contributed by atoms with van der Waals surface area (Å²) in [6, 6.07) is 9.04. The van der Waals surface area contributed by atoms with Crippen LogP contribution in [-0.4, -0.2) is 65.6 Å². The van der Waals surface area contributed by atoms with E-state index in [1.54, 1.807) is 9.80 Å². The number of amides is 2. The quantitative estimate of drug-likeness (QED) is 0.685. The highest BCUT2D eigenvalue weighted by atomic mass is 32.2. The molecule has 1 saturated heterocycles. The molecule has 2 atom stereocenters. The molecule has 1 aromatic rings. The van der Waals surface area contributed by atoms with Crippen molar-refractivity contribution in [1.29, 1.82) is 0 Å². The standard InChI is InChI=1S/C20H30N2O5S/c1-15-11-22(18(23)25-13-16-9-7-6-8-10-16)17(14-26-28-5)12-21(15)19(24)27-20(2,3)4/h6-10,15,17H,11-14H2,1-5H3/t15-,17+/m0/s1. The number of rotatable bonds is 5. The third-order valence-corrected chi connectivity index (χ3v) is 4.66. The Hall–Kier alpha value is -1.93. The Kier molecular flexibility index (Phi) is 8.00. The Morgan fingerprint density at radius 1 is 1.11 bits per heavy atom. The number of carbonyl (C=O) groups is 2. The summed E-state index contributed by atoms with van der Waals surface area (Å²) in [5, 5.41) is 0. The van der Waals surface area contributed by atoms with Crippen molar-refractivity contribution in [3.05, 3.63) is 35.9 Å². The Bertz CT molecular complexity index is 650. The van der Waals surface area contributed by atoms with E-state index in [4.69, 9.17) is 13.7 Å². The summed E-state index contributed by atoms with van der Waals surface area (Å²) in [4.78, 5) is 28.6. The van der Waals surface area contributed by atoms with Crippen LogP contribution in [0.4, 0.5) is 9.59 Å². The highest BCUT2D eigenvalue weighted by Gasteiger charge is 2.39. The van der Waals surface area contributed by atoms with E-state index in [1.807, 2.05) is 64.3 Å². The zero-order valence-corrected chi connectivity index (χ0v) is 18.0. The number of carbonyl (C=O) groups excluding carboxylic acids is 2. The minimum atomic E-state index is -0.576. The molecule has 0 spiro atoms. The highest BCUT2D eigenvalue weighted by Crippen LogP contribution is 2.21. The molecule has 0 radical (unpaired) electrons. The van der Waals surface area contributed by atoms with E-state index in [9.17, 15) is 9.59 Å². The van der Waals surface area contributed by atoms with Crippen molar-refractivity contribution in [3.63, 3.8) is 0 Å². The average Bonchev–Trinajstić information content (AvgIpc) is 2.64. The fourth-order valence-electron chi connectivity index (χ4n) is 2.93. The van der Waals surface area contributed by atoms with Gasteiger partial charge < -0.3 is 18.6 Å². The van der Waals surface area contributed by atoms with Gasteiger partial charge in [-0.25, -0.2) is 9.59 Å². The first-order valence-electron chi connectivity index (χ1n) is 9.34. The molecule has 0 aromatic heterocycles. The first-order chi connectivity index (χ1) is 13.2. The van der Waals surface area contributed by atoms with Gasteiger partial charge in [0, 0.05) is 19.3 Å². The Morgan fingerprint density at radius 3 is 2.39 bits per heavy atom. The van der Waals surface area contributed by atoms with Crippen molar-refractivity contribution in [2.24, 2.45) is 0 Å². The Labute approximate surface area is 171 Å². The maximum atomic E-state index is 12.7. The normalized spacial score (nSPS) is 20.0. The zero-order chi connectivity index (χ0) is 20.7. The molecule has 28 heavy (non-hydrogen) atoms. The molecule has 0 N–H and O–H groups in total. The van der Waals surface area contributed by atoms with Crippen LogP contribution in [0.1, 0.15) is 33.3 Å². The lowest BCUT2D eigenvalue weighted by molar-refractivity contribution is -0.0196. The molecule has 0 bridgehead atoms. The summed E-state index contributed by atoms with van der Waals surface area (Å²) in [5.74, 6) is 0. The molecule has 1 aromatic carbocycles. The summed E-state index contributed by atoms with van der Waals surface area (Å²) in [6.45, 7) is 8.59. The molecule has 1 aliphatic heterocycles. The number of ether oxygens (including phenoxy) is 2. The molecule has 1 heterocycles. The van der Waals surface area contributed by atoms with Crippen molar-refractivity contribution in [1.82, 2.24) is 9.80 Å². The van der Waals surface area contributed by atoms with Gasteiger partial charge in [0.05, 0.1) is 18.7 Å². The number of piperazine rings is 1. The average molecular weight is 411 g/mol. The number of nitrogens with zero attached hydrogens (tertiary/aromatic N) is 2. The molecule has 1 aliphatic rings. The van der Waals surface area contributed by atoms with Gasteiger partial charge in [0.25, 0.3) is 0 Å². The summed E-state index contributed by atoms with van der Waals surface area (Å²) in [7, 11) is 0. The van der Waals surface area contributed by atoms with Crippen LogP contribution >= 0.6 is 12.0 Å². The second-order valence-corrected chi connectivity index (χ2v) is 8.35. The van der Waals surface area contributed by atoms with Crippen molar-refractivity contribution in [2.45, 2.75) is 52.0 Å². The Morgan fingerprint density at radius 2 is 1.79 bits per heavy atom. The first-order valence-corrected chi connectivity index (χ1v) is 10.5. The summed E-state index contributed by atoms with van der Waals surface area (Å²) < 4.78 is 16.5. The minimum absolute atomic E-state index is 0.190. The lowest BCUT2D eigenvalue weighted by Gasteiger charge is -2.44. The second kappa shape index (κ2) is 10.0. The van der Waals surface area contributed by atoms with Gasteiger partial charge in [-0.1, -0.05) is 30.3 Å². The molecule has 7 nitrogen and oxygen atoms in total. The number of hydrogen-bond acceptors (Lipinski definition) is 6. The summed E-state index contributed by atoms with van der Waals surface area (Å²) in [6.07, 6.45) is 1.02. The molecule has 1 fully saturated rings. The number of hydrogen-bond donors (Lipinski definition) is 0. The van der Waals surface area contributed by atoms with E-state index in [0.717, 1.165) is 5.56 Å². The molecule has 8 heteroatoms. The predicted molar refractivity (Wildman–Crippen MR) is 109 cm³/mol. The maximum absolute atomic E-state index is 12.7. The van der Waals surface area contributed by atoms with E-state index in [-0.39, 0.29) is 24.8 Å². The Balaban J connectivity index is 2.04. The second-order valence-electron chi connectivity index (χ2n) is 7.78. The molecular weight excluding hydrogens is 380 g/mol. The summed E-state index contributed by atoms with van der Waals surface area (Å²) >= 11 is 1.23. The third-order valence-electron chi connectivity index (χ3n) is 4.29. The van der Waals surface area contributed by atoms with Gasteiger partial charge in [0.15, 0.2) is 0 Å². The van der Waals surface area contributed by atoms with Gasteiger partial charge in [-0.3, -0.25) is 4.90 Å².